The van der Waals surface area contributed by atoms with Crippen LogP contribution in [0.2, 0.25) is 0 Å². The largest absolute Gasteiger partial charge is 0.497 e. The SMILES string of the molecule is COc1ccc2c(O[C@@H]3C[C@H]4C(=O)N[C@]5(C(=O)NS(=O)(=O)C6CC6)C[C@H]5C=CCCCCC[C@H](NC(=O)OC(C)(C)C)C(=O)N4C3)c3oc4cc(OC)ccc4c3nc2c1. The van der Waals surface area contributed by atoms with Gasteiger partial charge in [-0.3, -0.25) is 19.1 Å². The minimum atomic E-state index is -3.93. The van der Waals surface area contributed by atoms with Gasteiger partial charge in [-0.25, -0.2) is 18.2 Å². The molecule has 0 radical (unpaired) electrons. The number of methoxy groups -OCH3 is 2. The molecule has 320 valence electrons. The zero-order chi connectivity index (χ0) is 42.6. The van der Waals surface area contributed by atoms with Crippen LogP contribution in [0.1, 0.15) is 78.6 Å². The number of nitrogens with zero attached hydrogens (tertiary/aromatic N) is 2. The fourth-order valence-electron chi connectivity index (χ4n) is 8.20. The van der Waals surface area contributed by atoms with Gasteiger partial charge in [0.05, 0.1) is 31.5 Å². The van der Waals surface area contributed by atoms with Crippen molar-refractivity contribution in [2.75, 3.05) is 20.8 Å². The van der Waals surface area contributed by atoms with Gasteiger partial charge in [0.15, 0.2) is 11.3 Å². The van der Waals surface area contributed by atoms with Gasteiger partial charge in [0, 0.05) is 35.2 Å². The number of alkyl carbamates (subject to hydrolysis) is 1. The first-order valence-corrected chi connectivity index (χ1v) is 22.0. The molecule has 3 fully saturated rings. The van der Waals surface area contributed by atoms with Crippen molar-refractivity contribution in [3.8, 4) is 17.2 Å². The van der Waals surface area contributed by atoms with Crippen LogP contribution in [-0.4, -0.2) is 97.5 Å². The molecule has 5 atom stereocenters. The second-order valence-corrected chi connectivity index (χ2v) is 19.1. The molecule has 0 spiro atoms. The lowest BCUT2D eigenvalue weighted by molar-refractivity contribution is -0.141. The average Bonchev–Trinajstić information content (AvgIpc) is 4.10. The first kappa shape index (κ1) is 41.2. The van der Waals surface area contributed by atoms with Gasteiger partial charge in [-0.05, 0) is 83.6 Å². The van der Waals surface area contributed by atoms with Gasteiger partial charge in [0.2, 0.25) is 21.8 Å². The molecule has 4 heterocycles. The number of hydrogen-bond donors (Lipinski definition) is 3. The number of fused-ring (bicyclic) bond motifs is 6. The van der Waals surface area contributed by atoms with E-state index in [0.29, 0.717) is 75.9 Å². The summed E-state index contributed by atoms with van der Waals surface area (Å²) in [6, 6.07) is 8.53. The Morgan fingerprint density at radius 2 is 1.72 bits per heavy atom. The monoisotopic (exact) mass is 845 g/mol. The number of sulfonamides is 1. The first-order valence-electron chi connectivity index (χ1n) is 20.5. The number of ether oxygens (including phenoxy) is 4. The Morgan fingerprint density at radius 3 is 2.43 bits per heavy atom. The highest BCUT2D eigenvalue weighted by molar-refractivity contribution is 7.91. The van der Waals surface area contributed by atoms with E-state index in [1.165, 1.54) is 4.90 Å². The Morgan fingerprint density at radius 1 is 0.983 bits per heavy atom. The van der Waals surface area contributed by atoms with Crippen molar-refractivity contribution in [3.05, 3.63) is 48.6 Å². The molecule has 3 N–H and O–H groups in total. The molecule has 16 nitrogen and oxygen atoms in total. The number of carbonyl (C=O) groups is 4. The van der Waals surface area contributed by atoms with Crippen LogP contribution in [0.4, 0.5) is 4.79 Å². The molecule has 0 unspecified atom stereocenters. The maximum atomic E-state index is 14.8. The molecule has 2 aromatic carbocycles. The number of nitrogens with one attached hydrogen (secondary N) is 3. The van der Waals surface area contributed by atoms with Gasteiger partial charge in [-0.2, -0.15) is 0 Å². The van der Waals surface area contributed by atoms with Crippen LogP contribution >= 0.6 is 0 Å². The van der Waals surface area contributed by atoms with E-state index in [1.54, 1.807) is 65.3 Å². The summed E-state index contributed by atoms with van der Waals surface area (Å²) >= 11 is 0. The molecule has 2 aliphatic carbocycles. The molecule has 8 rings (SSSR count). The molecule has 4 aliphatic rings. The molecule has 2 aromatic heterocycles. The van der Waals surface area contributed by atoms with Crippen molar-refractivity contribution in [1.29, 1.82) is 0 Å². The van der Waals surface area contributed by atoms with Gasteiger partial charge in [-0.15, -0.1) is 0 Å². The first-order chi connectivity index (χ1) is 28.6. The van der Waals surface area contributed by atoms with Crippen molar-refractivity contribution >= 4 is 66.8 Å². The number of rotatable bonds is 8. The van der Waals surface area contributed by atoms with E-state index < -0.39 is 74.3 Å². The molecular formula is C43H51N5O11S. The molecule has 1 saturated heterocycles. The Balaban J connectivity index is 1.17. The Bertz CT molecular complexity index is 2510. The van der Waals surface area contributed by atoms with Gasteiger partial charge in [0.25, 0.3) is 5.91 Å². The van der Waals surface area contributed by atoms with E-state index in [9.17, 15) is 27.6 Å². The van der Waals surface area contributed by atoms with E-state index in [0.717, 1.165) is 12.8 Å². The quantitative estimate of drug-likeness (QED) is 0.191. The molecular weight excluding hydrogens is 795 g/mol. The zero-order valence-electron chi connectivity index (χ0n) is 34.4. The number of amides is 4. The minimum absolute atomic E-state index is 0.00910. The van der Waals surface area contributed by atoms with Crippen molar-refractivity contribution in [3.63, 3.8) is 0 Å². The lowest BCUT2D eigenvalue weighted by Gasteiger charge is -2.30. The van der Waals surface area contributed by atoms with E-state index in [2.05, 4.69) is 15.4 Å². The highest BCUT2D eigenvalue weighted by atomic mass is 32.2. The number of carbonyl (C=O) groups excluding carboxylic acids is 4. The van der Waals surface area contributed by atoms with Crippen LogP contribution in [0.3, 0.4) is 0 Å². The number of pyridine rings is 1. The highest BCUT2D eigenvalue weighted by Gasteiger charge is 2.62. The normalized spacial score (nSPS) is 25.1. The summed E-state index contributed by atoms with van der Waals surface area (Å²) < 4.78 is 57.9. The predicted molar refractivity (Wildman–Crippen MR) is 221 cm³/mol. The van der Waals surface area contributed by atoms with Crippen LogP contribution in [0, 0.1) is 5.92 Å². The predicted octanol–water partition coefficient (Wildman–Crippen LogP) is 5.40. The average molecular weight is 846 g/mol. The van der Waals surface area contributed by atoms with Crippen LogP contribution in [0.25, 0.3) is 33.0 Å². The second kappa shape index (κ2) is 15.8. The standard InChI is InChI=1S/C43H51N5O11S/c1-42(2,3)59-41(52)45-31-12-10-8-6-7-9-11-24-22-43(24,40(51)47-60(53,54)28-15-16-28)46-38(49)33-20-27(23-48(33)39(31)50)57-36-29-17-13-25(55-4)19-32(29)44-35-30-18-14-26(56-5)21-34(30)58-37(35)36/h9,11,13-14,17-19,21,24,27-28,31,33H,6-8,10,12,15-16,20,22-23H2,1-5H3,(H,45,52)(H,46,49)(H,47,51)/t24-,27-,31+,33+,43-/m1/s1. The fraction of sp³-hybridized carbons (Fsp3) is 0.512. The maximum absolute atomic E-state index is 14.8. The summed E-state index contributed by atoms with van der Waals surface area (Å²) in [6.07, 6.45) is 6.40. The summed E-state index contributed by atoms with van der Waals surface area (Å²) in [6.45, 7) is 5.10. The topological polar surface area (TPSA) is 205 Å². The Labute approximate surface area is 347 Å². The summed E-state index contributed by atoms with van der Waals surface area (Å²) in [4.78, 5) is 62.7. The molecule has 0 bridgehead atoms. The fourth-order valence-corrected chi connectivity index (χ4v) is 9.57. The molecule has 60 heavy (non-hydrogen) atoms. The summed E-state index contributed by atoms with van der Waals surface area (Å²) in [7, 11) is -0.809. The summed E-state index contributed by atoms with van der Waals surface area (Å²) in [5, 5.41) is 6.32. The summed E-state index contributed by atoms with van der Waals surface area (Å²) in [5.41, 5.74) is -0.440. The van der Waals surface area contributed by atoms with E-state index in [1.807, 2.05) is 18.2 Å². The number of furan rings is 1. The molecule has 17 heteroatoms. The van der Waals surface area contributed by atoms with Crippen LogP contribution < -0.4 is 29.6 Å². The second-order valence-electron chi connectivity index (χ2n) is 17.2. The zero-order valence-corrected chi connectivity index (χ0v) is 35.2. The number of allylic oxidation sites excluding steroid dienone is 1. The van der Waals surface area contributed by atoms with Gasteiger partial charge < -0.3 is 38.9 Å². The van der Waals surface area contributed by atoms with Gasteiger partial charge >= 0.3 is 6.09 Å². The van der Waals surface area contributed by atoms with E-state index in [4.69, 9.17) is 28.3 Å². The van der Waals surface area contributed by atoms with Gasteiger partial charge in [0.1, 0.15) is 51.9 Å². The van der Waals surface area contributed by atoms with Crippen molar-refractivity contribution in [1.82, 2.24) is 25.2 Å². The maximum Gasteiger partial charge on any atom is 0.408 e. The van der Waals surface area contributed by atoms with Crippen LogP contribution in [0.5, 0.6) is 17.2 Å². The van der Waals surface area contributed by atoms with Crippen LogP contribution in [-0.2, 0) is 29.1 Å². The van der Waals surface area contributed by atoms with Crippen molar-refractivity contribution in [2.24, 2.45) is 5.92 Å². The third-order valence-corrected chi connectivity index (χ3v) is 13.4. The van der Waals surface area contributed by atoms with Crippen molar-refractivity contribution in [2.45, 2.75) is 113 Å². The molecule has 4 amide bonds. The third-order valence-electron chi connectivity index (χ3n) is 11.6. The third kappa shape index (κ3) is 8.27. The van der Waals surface area contributed by atoms with E-state index in [-0.39, 0.29) is 25.8 Å². The Kier molecular flexibility index (Phi) is 10.8. The highest BCUT2D eigenvalue weighted by Crippen LogP contribution is 2.47. The van der Waals surface area contributed by atoms with Crippen molar-refractivity contribution < 1.29 is 51.0 Å². The lowest BCUT2D eigenvalue weighted by atomic mass is 10.0. The molecule has 2 saturated carbocycles. The number of benzene rings is 2. The smallest absolute Gasteiger partial charge is 0.408 e. The van der Waals surface area contributed by atoms with Gasteiger partial charge in [-0.1, -0.05) is 25.0 Å². The number of aromatic nitrogens is 1. The number of hydrogen-bond acceptors (Lipinski definition) is 12. The summed E-state index contributed by atoms with van der Waals surface area (Å²) in [5.74, 6) is -0.945. The minimum Gasteiger partial charge on any atom is -0.497 e. The molecule has 2 aliphatic heterocycles. The molecule has 4 aromatic rings. The lowest BCUT2D eigenvalue weighted by Crippen LogP contribution is -2.58. The van der Waals surface area contributed by atoms with E-state index >= 15 is 0 Å². The Hall–Kier alpha value is -5.58. The van der Waals surface area contributed by atoms with Crippen LogP contribution in [0.15, 0.2) is 53.0 Å².